The molecule has 0 saturated carbocycles. The van der Waals surface area contributed by atoms with Gasteiger partial charge in [0.15, 0.2) is 11.5 Å². The second kappa shape index (κ2) is 20.8. The van der Waals surface area contributed by atoms with Crippen molar-refractivity contribution in [3.63, 3.8) is 0 Å². The molecule has 0 fully saturated rings. The van der Waals surface area contributed by atoms with Crippen molar-refractivity contribution < 1.29 is 57.7 Å². The normalized spacial score (nSPS) is 10.5. The molecule has 3 aromatic rings. The zero-order valence-electron chi connectivity index (χ0n) is 27.1. The van der Waals surface area contributed by atoms with E-state index in [0.717, 1.165) is 31.8 Å². The molecule has 0 bridgehead atoms. The van der Waals surface area contributed by atoms with Crippen LogP contribution in [0.3, 0.4) is 0 Å². The lowest BCUT2D eigenvalue weighted by atomic mass is 10.1. The van der Waals surface area contributed by atoms with Gasteiger partial charge in [-0.2, -0.15) is 9.78 Å². The van der Waals surface area contributed by atoms with Crippen molar-refractivity contribution in [3.05, 3.63) is 96.1 Å². The van der Waals surface area contributed by atoms with Crippen molar-refractivity contribution >= 4 is 23.9 Å². The van der Waals surface area contributed by atoms with Gasteiger partial charge in [0.05, 0.1) is 37.6 Å². The number of hydrogen-bond acceptors (Lipinski definition) is 12. The standard InChI is InChI=1S/C36H40O12/c1-4-7-23-43-47-28-15-11-26(12-16-28)34(38)45-30-19-20-32(31(25-30)36(40)42-22-10-9-21-41-33(37)6-3)46-35(39)27-13-17-29(18-14-27)48-44-24-8-5-2/h6,11-20,25H,3-5,7-10,21-24H2,1-2H3. The molecule has 0 aliphatic heterocycles. The van der Waals surface area contributed by atoms with Gasteiger partial charge in [-0.15, -0.1) is 0 Å². The van der Waals surface area contributed by atoms with Crippen LogP contribution in [0.25, 0.3) is 0 Å². The molecule has 12 nitrogen and oxygen atoms in total. The maximum absolute atomic E-state index is 13.1. The molecule has 0 aliphatic carbocycles. The van der Waals surface area contributed by atoms with Gasteiger partial charge in [-0.1, -0.05) is 33.3 Å². The van der Waals surface area contributed by atoms with Gasteiger partial charge < -0.3 is 28.7 Å². The Balaban J connectivity index is 1.69. The van der Waals surface area contributed by atoms with Crippen LogP contribution in [0.15, 0.2) is 79.4 Å². The zero-order valence-corrected chi connectivity index (χ0v) is 27.1. The molecule has 48 heavy (non-hydrogen) atoms. The summed E-state index contributed by atoms with van der Waals surface area (Å²) in [4.78, 5) is 70.8. The molecule has 0 radical (unpaired) electrons. The molecule has 0 aromatic heterocycles. The predicted octanol–water partition coefficient (Wildman–Crippen LogP) is 7.01. The number of ether oxygens (including phenoxy) is 4. The molecule has 12 heteroatoms. The third-order valence-electron chi connectivity index (χ3n) is 6.42. The third-order valence-corrected chi connectivity index (χ3v) is 6.42. The van der Waals surface area contributed by atoms with Gasteiger partial charge in [0, 0.05) is 6.08 Å². The fourth-order valence-corrected chi connectivity index (χ4v) is 3.74. The lowest BCUT2D eigenvalue weighted by Crippen LogP contribution is -2.15. The second-order valence-electron chi connectivity index (χ2n) is 10.2. The van der Waals surface area contributed by atoms with Crippen LogP contribution in [0, 0.1) is 0 Å². The molecular formula is C36H40O12. The zero-order chi connectivity index (χ0) is 34.6. The Labute approximate surface area is 279 Å². The first kappa shape index (κ1) is 37.3. The largest absolute Gasteiger partial charge is 0.463 e. The first-order valence-electron chi connectivity index (χ1n) is 15.7. The van der Waals surface area contributed by atoms with Gasteiger partial charge in [-0.05, 0) is 92.4 Å². The molecule has 0 spiro atoms. The third kappa shape index (κ3) is 12.9. The van der Waals surface area contributed by atoms with E-state index in [4.69, 9.17) is 38.5 Å². The molecule has 0 N–H and O–H groups in total. The summed E-state index contributed by atoms with van der Waals surface area (Å²) >= 11 is 0. The minimum Gasteiger partial charge on any atom is -0.463 e. The molecule has 0 aliphatic rings. The van der Waals surface area contributed by atoms with E-state index in [9.17, 15) is 19.2 Å². The average molecular weight is 665 g/mol. The molecule has 0 heterocycles. The summed E-state index contributed by atoms with van der Waals surface area (Å²) in [5, 5.41) is 0. The lowest BCUT2D eigenvalue weighted by Gasteiger charge is -2.13. The number of hydrogen-bond donors (Lipinski definition) is 0. The second-order valence-corrected chi connectivity index (χ2v) is 10.2. The number of benzene rings is 3. The van der Waals surface area contributed by atoms with Crippen molar-refractivity contribution in [1.29, 1.82) is 0 Å². The Morgan fingerprint density at radius 3 is 1.60 bits per heavy atom. The van der Waals surface area contributed by atoms with Crippen molar-refractivity contribution in [3.8, 4) is 23.0 Å². The van der Waals surface area contributed by atoms with E-state index < -0.39 is 23.9 Å². The van der Waals surface area contributed by atoms with Crippen LogP contribution in [-0.2, 0) is 24.0 Å². The number of carbonyl (C=O) groups is 4. The average Bonchev–Trinajstić information content (AvgIpc) is 3.11. The first-order chi connectivity index (χ1) is 23.3. The minimum absolute atomic E-state index is 0.0101. The maximum atomic E-state index is 13.1. The number of rotatable bonds is 21. The Bertz CT molecular complexity index is 1480. The first-order valence-corrected chi connectivity index (χ1v) is 15.7. The molecule has 3 rings (SSSR count). The minimum atomic E-state index is -0.823. The number of unbranched alkanes of at least 4 members (excludes halogenated alkanes) is 3. The van der Waals surface area contributed by atoms with E-state index in [-0.39, 0.29) is 41.4 Å². The van der Waals surface area contributed by atoms with Crippen LogP contribution < -0.4 is 19.2 Å². The topological polar surface area (TPSA) is 142 Å². The Morgan fingerprint density at radius 1 is 0.583 bits per heavy atom. The molecule has 0 atom stereocenters. The fraction of sp³-hybridized carbons (Fsp3) is 0.333. The Hall–Kier alpha value is -5.20. The smallest absolute Gasteiger partial charge is 0.343 e. The van der Waals surface area contributed by atoms with Gasteiger partial charge in [-0.25, -0.2) is 19.2 Å². The lowest BCUT2D eigenvalue weighted by molar-refractivity contribution is -0.207. The van der Waals surface area contributed by atoms with Gasteiger partial charge >= 0.3 is 23.9 Å². The van der Waals surface area contributed by atoms with Crippen molar-refractivity contribution in [2.45, 2.75) is 52.4 Å². The van der Waals surface area contributed by atoms with Crippen molar-refractivity contribution in [2.24, 2.45) is 0 Å². The molecular weight excluding hydrogens is 624 g/mol. The van der Waals surface area contributed by atoms with E-state index in [2.05, 4.69) is 6.58 Å². The van der Waals surface area contributed by atoms with Crippen LogP contribution in [0.1, 0.15) is 83.4 Å². The van der Waals surface area contributed by atoms with E-state index in [1.54, 1.807) is 24.3 Å². The highest BCUT2D eigenvalue weighted by molar-refractivity contribution is 5.97. The van der Waals surface area contributed by atoms with E-state index in [0.29, 0.717) is 37.6 Å². The quantitative estimate of drug-likeness (QED) is 0.0289. The van der Waals surface area contributed by atoms with E-state index >= 15 is 0 Å². The SMILES string of the molecule is C=CC(=O)OCCCCOC(=O)c1cc(OC(=O)c2ccc(OOCCCC)cc2)ccc1OC(=O)c1ccc(OOCCCC)cc1. The maximum Gasteiger partial charge on any atom is 0.343 e. The van der Waals surface area contributed by atoms with E-state index in [1.165, 1.54) is 42.5 Å². The fourth-order valence-electron chi connectivity index (χ4n) is 3.74. The van der Waals surface area contributed by atoms with Crippen molar-refractivity contribution in [2.75, 3.05) is 26.4 Å². The summed E-state index contributed by atoms with van der Waals surface area (Å²) in [6, 6.07) is 16.2. The Kier molecular flexibility index (Phi) is 16.2. The summed E-state index contributed by atoms with van der Waals surface area (Å²) in [5.41, 5.74) is 0.253. The van der Waals surface area contributed by atoms with Crippen LogP contribution >= 0.6 is 0 Å². The summed E-state index contributed by atoms with van der Waals surface area (Å²) in [5.74, 6) is -2.11. The van der Waals surface area contributed by atoms with Gasteiger partial charge in [0.2, 0.25) is 0 Å². The van der Waals surface area contributed by atoms with Gasteiger partial charge in [-0.3, -0.25) is 0 Å². The van der Waals surface area contributed by atoms with E-state index in [1.807, 2.05) is 13.8 Å². The number of carbonyl (C=O) groups excluding carboxylic acids is 4. The van der Waals surface area contributed by atoms with Crippen LogP contribution in [0.2, 0.25) is 0 Å². The number of esters is 4. The highest BCUT2D eigenvalue weighted by atomic mass is 17.2. The van der Waals surface area contributed by atoms with Crippen LogP contribution in [0.5, 0.6) is 23.0 Å². The molecule has 0 amide bonds. The highest BCUT2D eigenvalue weighted by Gasteiger charge is 2.21. The molecule has 0 saturated heterocycles. The summed E-state index contributed by atoms with van der Waals surface area (Å²) in [7, 11) is 0. The van der Waals surface area contributed by atoms with Gasteiger partial charge in [0.1, 0.15) is 17.1 Å². The van der Waals surface area contributed by atoms with Crippen LogP contribution in [0.4, 0.5) is 0 Å². The highest BCUT2D eigenvalue weighted by Crippen LogP contribution is 2.27. The van der Waals surface area contributed by atoms with Crippen LogP contribution in [-0.4, -0.2) is 50.3 Å². The summed E-state index contributed by atoms with van der Waals surface area (Å²) in [6.07, 6.45) is 5.50. The van der Waals surface area contributed by atoms with Crippen molar-refractivity contribution in [1.82, 2.24) is 0 Å². The molecule has 256 valence electrons. The Morgan fingerprint density at radius 2 is 1.08 bits per heavy atom. The summed E-state index contributed by atoms with van der Waals surface area (Å²) in [6.45, 7) is 8.39. The monoisotopic (exact) mass is 664 g/mol. The summed E-state index contributed by atoms with van der Waals surface area (Å²) < 4.78 is 21.3. The molecule has 0 unspecified atom stereocenters. The van der Waals surface area contributed by atoms with Gasteiger partial charge in [0.25, 0.3) is 0 Å². The molecule has 3 aromatic carbocycles. The predicted molar refractivity (Wildman–Crippen MR) is 173 cm³/mol.